The van der Waals surface area contributed by atoms with Crippen molar-refractivity contribution in [1.82, 2.24) is 20.4 Å². The van der Waals surface area contributed by atoms with Gasteiger partial charge in [-0.2, -0.15) is 0 Å². The van der Waals surface area contributed by atoms with E-state index in [4.69, 9.17) is 0 Å². The third-order valence-electron chi connectivity index (χ3n) is 7.22. The summed E-state index contributed by atoms with van der Waals surface area (Å²) in [5.74, 6) is 1.59. The number of aliphatic imine (C=N–C) groups is 1. The van der Waals surface area contributed by atoms with E-state index >= 15 is 0 Å². The van der Waals surface area contributed by atoms with Crippen LogP contribution >= 0.6 is 0 Å². The molecule has 2 aliphatic heterocycles. The van der Waals surface area contributed by atoms with Gasteiger partial charge in [-0.15, -0.1) is 0 Å². The van der Waals surface area contributed by atoms with Crippen LogP contribution in [0.5, 0.6) is 0 Å². The Balaban J connectivity index is 1.15. The molecular weight excluding hydrogens is 400 g/mol. The van der Waals surface area contributed by atoms with Crippen molar-refractivity contribution in [3.63, 3.8) is 0 Å². The van der Waals surface area contributed by atoms with E-state index in [2.05, 4.69) is 60.7 Å². The van der Waals surface area contributed by atoms with Gasteiger partial charge in [-0.3, -0.25) is 14.7 Å². The Morgan fingerprint density at radius 2 is 1.75 bits per heavy atom. The minimum absolute atomic E-state index is 0.301. The van der Waals surface area contributed by atoms with Crippen LogP contribution in [0, 0.1) is 5.92 Å². The Bertz CT molecular complexity index is 740. The molecule has 1 unspecified atom stereocenters. The highest BCUT2D eigenvalue weighted by Crippen LogP contribution is 2.27. The molecule has 1 aliphatic carbocycles. The van der Waals surface area contributed by atoms with Crippen LogP contribution in [-0.2, 0) is 4.79 Å². The summed E-state index contributed by atoms with van der Waals surface area (Å²) in [5, 5.41) is 7.12. The number of amides is 1. The Labute approximate surface area is 193 Å². The predicted molar refractivity (Wildman–Crippen MR) is 131 cm³/mol. The van der Waals surface area contributed by atoms with Crippen molar-refractivity contribution in [1.29, 1.82) is 0 Å². The quantitative estimate of drug-likeness (QED) is 0.524. The number of carbonyl (C=O) groups is 1. The summed E-state index contributed by atoms with van der Waals surface area (Å²) >= 11 is 0. The highest BCUT2D eigenvalue weighted by atomic mass is 16.2. The molecule has 1 saturated carbocycles. The molecule has 1 aromatic rings. The number of para-hydroxylation sites is 1. The lowest BCUT2D eigenvalue weighted by molar-refractivity contribution is -0.137. The fraction of sp³-hybridized carbons (Fsp3) is 0.680. The lowest BCUT2D eigenvalue weighted by Gasteiger charge is -2.36. The second kappa shape index (κ2) is 11.5. The van der Waals surface area contributed by atoms with Crippen LogP contribution < -0.4 is 15.5 Å². The smallest absolute Gasteiger partial charge is 0.225 e. The van der Waals surface area contributed by atoms with Gasteiger partial charge in [-0.25, -0.2) is 0 Å². The van der Waals surface area contributed by atoms with Crippen molar-refractivity contribution >= 4 is 17.6 Å². The number of nitrogens with zero attached hydrogens (tertiary/aromatic N) is 4. The number of hydrogen-bond donors (Lipinski definition) is 2. The van der Waals surface area contributed by atoms with E-state index in [1.54, 1.807) is 0 Å². The number of piperidine rings is 1. The molecule has 7 heteroatoms. The maximum atomic E-state index is 12.6. The molecule has 32 heavy (non-hydrogen) atoms. The fourth-order valence-electron chi connectivity index (χ4n) is 5.31. The number of piperazine rings is 1. The number of benzene rings is 1. The molecule has 4 rings (SSSR count). The van der Waals surface area contributed by atoms with Gasteiger partial charge in [0.05, 0.1) is 0 Å². The number of carbonyl (C=O) groups excluding carboxylic acids is 1. The summed E-state index contributed by atoms with van der Waals surface area (Å²) in [4.78, 5) is 24.1. The molecule has 1 aromatic carbocycles. The van der Waals surface area contributed by atoms with Crippen LogP contribution in [0.4, 0.5) is 5.69 Å². The minimum atomic E-state index is 0.301. The van der Waals surface area contributed by atoms with Crippen molar-refractivity contribution in [2.45, 2.75) is 44.6 Å². The first-order valence-electron chi connectivity index (χ1n) is 12.5. The molecule has 2 saturated heterocycles. The molecule has 3 fully saturated rings. The van der Waals surface area contributed by atoms with Gasteiger partial charge in [0.2, 0.25) is 5.91 Å². The van der Waals surface area contributed by atoms with Crippen molar-refractivity contribution in [2.75, 3.05) is 64.3 Å². The standard InChI is InChI=1S/C25H40N6O/c1-26-25(28-22-10-7-14-31(20-22)23-11-3-2-4-12-23)27-13-15-29-16-18-30(19-17-29)24(32)21-8-5-6-9-21/h2-4,11-12,21-22H,5-10,13-20H2,1H3,(H2,26,27,28). The third kappa shape index (κ3) is 6.15. The predicted octanol–water partition coefficient (Wildman–Crippen LogP) is 2.15. The van der Waals surface area contributed by atoms with Crippen LogP contribution in [0.1, 0.15) is 38.5 Å². The molecule has 176 valence electrons. The largest absolute Gasteiger partial charge is 0.369 e. The summed E-state index contributed by atoms with van der Waals surface area (Å²) in [6.45, 7) is 7.66. The zero-order chi connectivity index (χ0) is 22.2. The van der Waals surface area contributed by atoms with E-state index in [-0.39, 0.29) is 0 Å². The monoisotopic (exact) mass is 440 g/mol. The highest BCUT2D eigenvalue weighted by Gasteiger charge is 2.29. The normalized spacial score (nSPS) is 23.4. The molecule has 0 spiro atoms. The summed E-state index contributed by atoms with van der Waals surface area (Å²) in [7, 11) is 1.85. The lowest BCUT2D eigenvalue weighted by Crippen LogP contribution is -2.53. The topological polar surface area (TPSA) is 63.2 Å². The average molecular weight is 441 g/mol. The van der Waals surface area contributed by atoms with Gasteiger partial charge < -0.3 is 20.4 Å². The summed E-state index contributed by atoms with van der Waals surface area (Å²) in [5.41, 5.74) is 1.30. The minimum Gasteiger partial charge on any atom is -0.369 e. The van der Waals surface area contributed by atoms with Crippen molar-refractivity contribution in [3.8, 4) is 0 Å². The Kier molecular flexibility index (Phi) is 8.26. The first-order chi connectivity index (χ1) is 15.7. The summed E-state index contributed by atoms with van der Waals surface area (Å²) < 4.78 is 0. The molecule has 3 aliphatic rings. The van der Waals surface area contributed by atoms with Crippen LogP contribution in [0.3, 0.4) is 0 Å². The van der Waals surface area contributed by atoms with Gasteiger partial charge in [0.15, 0.2) is 5.96 Å². The van der Waals surface area contributed by atoms with E-state index in [9.17, 15) is 4.79 Å². The third-order valence-corrected chi connectivity index (χ3v) is 7.22. The molecule has 0 bridgehead atoms. The maximum Gasteiger partial charge on any atom is 0.225 e. The molecule has 0 radical (unpaired) electrons. The van der Waals surface area contributed by atoms with Crippen molar-refractivity contribution in [3.05, 3.63) is 30.3 Å². The lowest BCUT2D eigenvalue weighted by atomic mass is 10.1. The first-order valence-corrected chi connectivity index (χ1v) is 12.5. The Morgan fingerprint density at radius 3 is 2.47 bits per heavy atom. The van der Waals surface area contributed by atoms with Crippen molar-refractivity contribution < 1.29 is 4.79 Å². The molecule has 7 nitrogen and oxygen atoms in total. The van der Waals surface area contributed by atoms with Gasteiger partial charge in [0, 0.05) is 77.1 Å². The SMILES string of the molecule is CN=C(NCCN1CCN(C(=O)C2CCCC2)CC1)NC1CCCN(c2ccccc2)C1. The average Bonchev–Trinajstić information content (AvgIpc) is 3.39. The van der Waals surface area contributed by atoms with Crippen LogP contribution in [0.25, 0.3) is 0 Å². The van der Waals surface area contributed by atoms with E-state index in [0.29, 0.717) is 17.9 Å². The molecule has 2 N–H and O–H groups in total. The van der Waals surface area contributed by atoms with Crippen LogP contribution in [0.15, 0.2) is 35.3 Å². The Morgan fingerprint density at radius 1 is 1.00 bits per heavy atom. The molecular formula is C25H40N6O. The van der Waals surface area contributed by atoms with E-state index < -0.39 is 0 Å². The van der Waals surface area contributed by atoms with E-state index in [0.717, 1.165) is 71.2 Å². The maximum absolute atomic E-state index is 12.6. The number of anilines is 1. The number of hydrogen-bond acceptors (Lipinski definition) is 4. The second-order valence-electron chi connectivity index (χ2n) is 9.41. The van der Waals surface area contributed by atoms with Gasteiger partial charge in [-0.1, -0.05) is 31.0 Å². The van der Waals surface area contributed by atoms with Crippen LogP contribution in [-0.4, -0.2) is 87.1 Å². The summed E-state index contributed by atoms with van der Waals surface area (Å²) in [6, 6.07) is 11.1. The fourth-order valence-corrected chi connectivity index (χ4v) is 5.31. The molecule has 1 amide bonds. The van der Waals surface area contributed by atoms with Crippen LogP contribution in [0.2, 0.25) is 0 Å². The zero-order valence-corrected chi connectivity index (χ0v) is 19.6. The van der Waals surface area contributed by atoms with Crippen molar-refractivity contribution in [2.24, 2.45) is 10.9 Å². The Hall–Kier alpha value is -2.28. The van der Waals surface area contributed by atoms with E-state index in [1.165, 1.54) is 31.4 Å². The summed E-state index contributed by atoms with van der Waals surface area (Å²) in [6.07, 6.45) is 7.00. The molecule has 1 atom stereocenters. The second-order valence-corrected chi connectivity index (χ2v) is 9.41. The van der Waals surface area contributed by atoms with Gasteiger partial charge in [0.1, 0.15) is 0 Å². The molecule has 2 heterocycles. The molecule has 0 aromatic heterocycles. The van der Waals surface area contributed by atoms with E-state index in [1.807, 2.05) is 7.05 Å². The highest BCUT2D eigenvalue weighted by molar-refractivity contribution is 5.80. The zero-order valence-electron chi connectivity index (χ0n) is 19.6. The van der Waals surface area contributed by atoms with Gasteiger partial charge in [-0.05, 0) is 37.8 Å². The number of nitrogens with one attached hydrogen (secondary N) is 2. The van der Waals surface area contributed by atoms with Gasteiger partial charge in [0.25, 0.3) is 0 Å². The first kappa shape index (κ1) is 22.9. The number of rotatable bonds is 6. The van der Waals surface area contributed by atoms with Gasteiger partial charge >= 0.3 is 0 Å². The number of guanidine groups is 1.